The first-order valence-electron chi connectivity index (χ1n) is 12.4. The van der Waals surface area contributed by atoms with Crippen LogP contribution in [0.4, 0.5) is 26.3 Å². The lowest BCUT2D eigenvalue weighted by Gasteiger charge is -2.30. The predicted molar refractivity (Wildman–Crippen MR) is 141 cm³/mol. The molecule has 0 aliphatic carbocycles. The second-order valence-electron chi connectivity index (χ2n) is 9.11. The van der Waals surface area contributed by atoms with Crippen molar-refractivity contribution in [3.63, 3.8) is 0 Å². The molecule has 0 saturated heterocycles. The molecule has 0 radical (unpaired) electrons. The van der Waals surface area contributed by atoms with Gasteiger partial charge in [0.15, 0.2) is 5.96 Å². The van der Waals surface area contributed by atoms with E-state index in [0.717, 1.165) is 4.90 Å². The molecule has 18 nitrogen and oxygen atoms in total. The van der Waals surface area contributed by atoms with Crippen LogP contribution >= 0.6 is 0 Å². The van der Waals surface area contributed by atoms with Crippen LogP contribution < -0.4 is 27.4 Å². The summed E-state index contributed by atoms with van der Waals surface area (Å²) in [5, 5.41) is 46.7. The Labute approximate surface area is 255 Å². The summed E-state index contributed by atoms with van der Waals surface area (Å²) in [6, 6.07) is -3.67. The van der Waals surface area contributed by atoms with Crippen molar-refractivity contribution in [1.29, 1.82) is 5.41 Å². The molecular weight excluding hydrogens is 652 g/mol. The number of halogens is 6. The molecular formula is C22H35F6N7O11. The van der Waals surface area contributed by atoms with E-state index >= 15 is 0 Å². The van der Waals surface area contributed by atoms with Crippen LogP contribution in [0.5, 0.6) is 0 Å². The highest BCUT2D eigenvalue weighted by Crippen LogP contribution is 2.14. The number of rotatable bonds is 14. The molecule has 0 bridgehead atoms. The maximum atomic E-state index is 12.7. The van der Waals surface area contributed by atoms with Crippen molar-refractivity contribution in [3.8, 4) is 0 Å². The van der Waals surface area contributed by atoms with Crippen LogP contribution in [0.3, 0.4) is 0 Å². The number of carbonyl (C=O) groups is 7. The Balaban J connectivity index is -0.00000108. The molecule has 0 aromatic carbocycles. The van der Waals surface area contributed by atoms with E-state index in [1.807, 2.05) is 0 Å². The van der Waals surface area contributed by atoms with Crippen LogP contribution in [0.15, 0.2) is 0 Å². The number of hydrogen-bond donors (Lipinski definition) is 10. The Morgan fingerprint density at radius 2 is 1.30 bits per heavy atom. The Morgan fingerprint density at radius 1 is 0.870 bits per heavy atom. The molecule has 46 heavy (non-hydrogen) atoms. The Morgan fingerprint density at radius 3 is 1.63 bits per heavy atom. The summed E-state index contributed by atoms with van der Waals surface area (Å²) in [7, 11) is 1.21. The molecule has 24 heteroatoms. The van der Waals surface area contributed by atoms with Crippen LogP contribution in [0.1, 0.15) is 33.1 Å². The highest BCUT2D eigenvalue weighted by Gasteiger charge is 2.39. The van der Waals surface area contributed by atoms with E-state index in [0.29, 0.717) is 13.0 Å². The first-order chi connectivity index (χ1) is 20.7. The van der Waals surface area contributed by atoms with Gasteiger partial charge in [0.1, 0.15) is 12.1 Å². The Bertz CT molecular complexity index is 1060. The molecule has 0 aliphatic heterocycles. The zero-order valence-corrected chi connectivity index (χ0v) is 24.4. The van der Waals surface area contributed by atoms with Crippen LogP contribution in [-0.2, 0) is 33.6 Å². The largest absolute Gasteiger partial charge is 0.490 e. The van der Waals surface area contributed by atoms with Gasteiger partial charge in [-0.1, -0.05) is 13.8 Å². The summed E-state index contributed by atoms with van der Waals surface area (Å²) in [6.45, 7) is 2.96. The summed E-state index contributed by atoms with van der Waals surface area (Å²) < 4.78 is 63.5. The van der Waals surface area contributed by atoms with E-state index in [1.54, 1.807) is 13.8 Å². The van der Waals surface area contributed by atoms with Crippen molar-refractivity contribution in [1.82, 2.24) is 20.9 Å². The van der Waals surface area contributed by atoms with E-state index < -0.39 is 91.0 Å². The third-order valence-electron chi connectivity index (χ3n) is 4.91. The summed E-state index contributed by atoms with van der Waals surface area (Å²) in [5.41, 5.74) is 10.8. The van der Waals surface area contributed by atoms with E-state index in [4.69, 9.17) is 41.8 Å². The Kier molecular flexibility index (Phi) is 20.7. The fourth-order valence-electron chi connectivity index (χ4n) is 2.88. The van der Waals surface area contributed by atoms with Gasteiger partial charge in [-0.05, 0) is 18.8 Å². The highest BCUT2D eigenvalue weighted by molar-refractivity contribution is 5.94. The number of amides is 3. The first kappa shape index (κ1) is 45.5. The number of alkyl halides is 6. The normalized spacial score (nSPS) is 12.8. The van der Waals surface area contributed by atoms with Crippen LogP contribution in [-0.4, -0.2) is 123 Å². The third kappa shape index (κ3) is 21.7. The maximum Gasteiger partial charge on any atom is 0.490 e. The number of carbonyl (C=O) groups excluding carboxylic acids is 3. The number of nitrogens with zero attached hydrogens (tertiary/aromatic N) is 1. The van der Waals surface area contributed by atoms with Gasteiger partial charge in [0.2, 0.25) is 17.7 Å². The summed E-state index contributed by atoms with van der Waals surface area (Å²) in [5.74, 6) is -11.2. The summed E-state index contributed by atoms with van der Waals surface area (Å²) in [6.07, 6.45) is -10.2. The molecule has 0 unspecified atom stereocenters. The number of nitrogens with two attached hydrogens (primary N) is 2. The van der Waals surface area contributed by atoms with Gasteiger partial charge in [-0.25, -0.2) is 14.4 Å². The van der Waals surface area contributed by atoms with E-state index in [9.17, 15) is 55.4 Å². The van der Waals surface area contributed by atoms with Gasteiger partial charge in [-0.15, -0.1) is 0 Å². The van der Waals surface area contributed by atoms with Gasteiger partial charge < -0.3 is 52.7 Å². The van der Waals surface area contributed by atoms with Crippen molar-refractivity contribution in [2.75, 3.05) is 20.1 Å². The number of guanidine groups is 1. The number of aliphatic carboxylic acids is 4. The minimum Gasteiger partial charge on any atom is -0.481 e. The molecule has 0 saturated carbocycles. The first-order valence-corrected chi connectivity index (χ1v) is 12.4. The topological polar surface area (TPSA) is 316 Å². The van der Waals surface area contributed by atoms with Gasteiger partial charge in [0.25, 0.3) is 0 Å². The lowest BCUT2D eigenvalue weighted by molar-refractivity contribution is -0.193. The minimum atomic E-state index is -5.08. The number of carboxylic acids is 4. The second-order valence-corrected chi connectivity index (χ2v) is 9.11. The fourth-order valence-corrected chi connectivity index (χ4v) is 2.88. The molecule has 0 heterocycles. The quantitative estimate of drug-likeness (QED) is 0.0430. The molecule has 266 valence electrons. The Hall–Kier alpha value is -4.90. The minimum absolute atomic E-state index is 0.209. The number of likely N-dealkylation sites (N-methyl/N-ethyl adjacent to an activating group) is 1. The lowest BCUT2D eigenvalue weighted by Crippen LogP contribution is -2.55. The summed E-state index contributed by atoms with van der Waals surface area (Å²) >= 11 is 0. The van der Waals surface area contributed by atoms with Crippen molar-refractivity contribution in [3.05, 3.63) is 0 Å². The van der Waals surface area contributed by atoms with E-state index in [1.165, 1.54) is 7.05 Å². The molecule has 3 amide bonds. The van der Waals surface area contributed by atoms with Crippen LogP contribution in [0, 0.1) is 11.3 Å². The highest BCUT2D eigenvalue weighted by atomic mass is 19.4. The molecule has 0 fully saturated rings. The zero-order chi connectivity index (χ0) is 37.2. The van der Waals surface area contributed by atoms with Gasteiger partial charge in [-0.3, -0.25) is 24.6 Å². The lowest BCUT2D eigenvalue weighted by atomic mass is 10.0. The van der Waals surface area contributed by atoms with Gasteiger partial charge in [-0.2, -0.15) is 26.3 Å². The number of carboxylic acid groups (broad SMARTS) is 4. The van der Waals surface area contributed by atoms with Crippen molar-refractivity contribution in [2.45, 2.75) is 63.6 Å². The smallest absolute Gasteiger partial charge is 0.481 e. The fraction of sp³-hybridized carbons (Fsp3) is 0.636. The van der Waals surface area contributed by atoms with Gasteiger partial charge in [0, 0.05) is 13.6 Å². The van der Waals surface area contributed by atoms with Crippen molar-refractivity contribution >= 4 is 47.6 Å². The number of nitrogens with one attached hydrogen (secondary N) is 4. The molecule has 0 rings (SSSR count). The SMILES string of the molecule is CC(C)[C@@H](C(=O)O)N(C)C(=O)[C@H](CC(=O)O)NC(=O)CNC(=O)[C@@H](N)CCCNC(=N)N.O=C(O)C(F)(F)F.O=C(O)C(F)(F)F. The molecule has 0 aromatic rings. The molecule has 0 aliphatic rings. The average molecular weight is 688 g/mol. The molecule has 0 aromatic heterocycles. The van der Waals surface area contributed by atoms with Crippen molar-refractivity contribution in [2.24, 2.45) is 17.4 Å². The molecule has 3 atom stereocenters. The zero-order valence-electron chi connectivity index (χ0n) is 24.4. The van der Waals surface area contributed by atoms with Crippen molar-refractivity contribution < 1.29 is 80.3 Å². The van der Waals surface area contributed by atoms with E-state index in [-0.39, 0.29) is 12.4 Å². The molecule has 0 spiro atoms. The monoisotopic (exact) mass is 687 g/mol. The van der Waals surface area contributed by atoms with E-state index in [2.05, 4.69) is 16.0 Å². The van der Waals surface area contributed by atoms with Gasteiger partial charge in [0.05, 0.1) is 19.0 Å². The molecule has 12 N–H and O–H groups in total. The average Bonchev–Trinajstić information content (AvgIpc) is 2.87. The standard InChI is InChI=1S/C18H33N7O7.2C2HF3O2/c1-9(2)14(17(31)32)25(3)16(30)11(7-13(27)28)24-12(26)8-23-15(29)10(19)5-4-6-22-18(20)21;2*3-2(4,5)1(6)7/h9-11,14H,4-8,19H2,1-3H3,(H,23,29)(H,24,26)(H,27,28)(H,31,32)(H4,20,21,22);2*(H,6,7)/t10-,11-,14-;;/m0../s1. The third-order valence-corrected chi connectivity index (χ3v) is 4.91. The second kappa shape index (κ2) is 20.9. The number of hydrogen-bond acceptors (Lipinski definition) is 9. The van der Waals surface area contributed by atoms with Crippen LogP contribution in [0.25, 0.3) is 0 Å². The van der Waals surface area contributed by atoms with Gasteiger partial charge >= 0.3 is 36.2 Å². The predicted octanol–water partition coefficient (Wildman–Crippen LogP) is -1.51. The summed E-state index contributed by atoms with van der Waals surface area (Å²) in [4.78, 5) is 78.0. The maximum absolute atomic E-state index is 12.7. The van der Waals surface area contributed by atoms with Crippen LogP contribution in [0.2, 0.25) is 0 Å².